The zero-order chi connectivity index (χ0) is 14.1. The molecule has 1 aromatic carbocycles. The maximum absolute atomic E-state index is 9.78. The van der Waals surface area contributed by atoms with Crippen molar-refractivity contribution in [1.82, 2.24) is 5.32 Å². The molecule has 2 N–H and O–H groups in total. The third-order valence-corrected chi connectivity index (χ3v) is 3.23. The lowest BCUT2D eigenvalue weighted by Crippen LogP contribution is -2.32. The van der Waals surface area contributed by atoms with E-state index in [2.05, 4.69) is 19.2 Å². The predicted octanol–water partition coefficient (Wildman–Crippen LogP) is 3.17. The lowest BCUT2D eigenvalue weighted by molar-refractivity contribution is 0.0348. The second kappa shape index (κ2) is 9.32. The number of hydrogen-bond donors (Lipinski definition) is 2. The van der Waals surface area contributed by atoms with Gasteiger partial charge in [0.15, 0.2) is 0 Å². The van der Waals surface area contributed by atoms with Crippen LogP contribution in [0.4, 0.5) is 0 Å². The first-order chi connectivity index (χ1) is 9.13. The number of unbranched alkanes of at least 4 members (excludes halogenated alkanes) is 1. The average Bonchev–Trinajstić information content (AvgIpc) is 2.42. The Morgan fingerprint density at radius 2 is 2.00 bits per heavy atom. The third kappa shape index (κ3) is 6.92. The highest BCUT2D eigenvalue weighted by molar-refractivity contribution is 6.30. The predicted molar refractivity (Wildman–Crippen MR) is 79.6 cm³/mol. The molecule has 0 amide bonds. The molecule has 0 aliphatic rings. The van der Waals surface area contributed by atoms with Crippen LogP contribution in [0.3, 0.4) is 0 Å². The molecule has 0 heterocycles. The fraction of sp³-hybridized carbons (Fsp3) is 0.600. The largest absolute Gasteiger partial charge is 0.389 e. The molecule has 0 saturated heterocycles. The molecule has 0 aliphatic heterocycles. The van der Waals surface area contributed by atoms with E-state index < -0.39 is 6.10 Å². The van der Waals surface area contributed by atoms with Crippen molar-refractivity contribution in [3.05, 3.63) is 34.9 Å². The van der Waals surface area contributed by atoms with Crippen LogP contribution in [-0.4, -0.2) is 31.0 Å². The van der Waals surface area contributed by atoms with Gasteiger partial charge in [-0.1, -0.05) is 37.1 Å². The highest BCUT2D eigenvalue weighted by Crippen LogP contribution is 2.15. The zero-order valence-corrected chi connectivity index (χ0v) is 12.5. The molecular weight excluding hydrogens is 262 g/mol. The van der Waals surface area contributed by atoms with E-state index in [1.165, 1.54) is 0 Å². The second-order valence-corrected chi connectivity index (χ2v) is 5.20. The van der Waals surface area contributed by atoms with Crippen LogP contribution in [0.25, 0.3) is 0 Å². The molecule has 4 heteroatoms. The molecule has 0 bridgehead atoms. The van der Waals surface area contributed by atoms with Crippen LogP contribution in [0.5, 0.6) is 0 Å². The Morgan fingerprint density at radius 3 is 2.63 bits per heavy atom. The van der Waals surface area contributed by atoms with Crippen LogP contribution >= 0.6 is 11.6 Å². The van der Waals surface area contributed by atoms with Crippen molar-refractivity contribution >= 4 is 11.6 Å². The van der Waals surface area contributed by atoms with Gasteiger partial charge in [-0.15, -0.1) is 0 Å². The highest BCUT2D eigenvalue weighted by atomic mass is 35.5. The Hall–Kier alpha value is -0.610. The first-order valence-electron chi connectivity index (χ1n) is 6.88. The Bertz CT molecular complexity index is 343. The molecular formula is C15H24ClNO2. The van der Waals surface area contributed by atoms with Gasteiger partial charge in [0.2, 0.25) is 0 Å². The summed E-state index contributed by atoms with van der Waals surface area (Å²) in [5.74, 6) is 0. The van der Waals surface area contributed by atoms with Crippen LogP contribution in [0.2, 0.25) is 5.02 Å². The van der Waals surface area contributed by atoms with Gasteiger partial charge in [0.1, 0.15) is 0 Å². The molecule has 0 aromatic heterocycles. The van der Waals surface area contributed by atoms with Gasteiger partial charge in [-0.2, -0.15) is 0 Å². The van der Waals surface area contributed by atoms with E-state index in [0.29, 0.717) is 13.2 Å². The standard InChI is InChI=1S/C15H24ClNO2/c1-3-4-9-19-11-15(18)10-17-12(2)13-5-7-14(16)8-6-13/h5-8,12,15,17-18H,3-4,9-11H2,1-2H3/t12-,15?/m1/s1. The normalized spacial score (nSPS) is 14.3. The van der Waals surface area contributed by atoms with Crippen LogP contribution in [0, 0.1) is 0 Å². The number of rotatable bonds is 9. The summed E-state index contributed by atoms with van der Waals surface area (Å²) in [6.45, 7) is 5.82. The van der Waals surface area contributed by atoms with E-state index in [1.54, 1.807) is 0 Å². The van der Waals surface area contributed by atoms with E-state index in [9.17, 15) is 5.11 Å². The fourth-order valence-corrected chi connectivity index (χ4v) is 1.83. The van der Waals surface area contributed by atoms with Crippen molar-refractivity contribution in [3.63, 3.8) is 0 Å². The zero-order valence-electron chi connectivity index (χ0n) is 11.7. The molecule has 3 nitrogen and oxygen atoms in total. The smallest absolute Gasteiger partial charge is 0.0897 e. The van der Waals surface area contributed by atoms with E-state index in [0.717, 1.165) is 30.0 Å². The number of halogens is 1. The summed E-state index contributed by atoms with van der Waals surface area (Å²) in [7, 11) is 0. The van der Waals surface area contributed by atoms with Gasteiger partial charge in [0.25, 0.3) is 0 Å². The lowest BCUT2D eigenvalue weighted by Gasteiger charge is -2.17. The first kappa shape index (κ1) is 16.4. The van der Waals surface area contributed by atoms with Crippen molar-refractivity contribution in [2.75, 3.05) is 19.8 Å². The summed E-state index contributed by atoms with van der Waals surface area (Å²) in [6, 6.07) is 7.91. The summed E-state index contributed by atoms with van der Waals surface area (Å²) >= 11 is 5.85. The molecule has 108 valence electrons. The van der Waals surface area contributed by atoms with Crippen LogP contribution in [0.1, 0.15) is 38.3 Å². The highest BCUT2D eigenvalue weighted by Gasteiger charge is 2.08. The number of ether oxygens (including phenoxy) is 1. The van der Waals surface area contributed by atoms with Crippen LogP contribution in [-0.2, 0) is 4.74 Å². The number of aliphatic hydroxyl groups excluding tert-OH is 1. The van der Waals surface area contributed by atoms with Gasteiger partial charge >= 0.3 is 0 Å². The molecule has 1 aromatic rings. The quantitative estimate of drug-likeness (QED) is 0.685. The van der Waals surface area contributed by atoms with Gasteiger partial charge in [-0.3, -0.25) is 0 Å². The molecule has 2 atom stereocenters. The van der Waals surface area contributed by atoms with E-state index in [1.807, 2.05) is 24.3 Å². The van der Waals surface area contributed by atoms with Crippen molar-refractivity contribution in [3.8, 4) is 0 Å². The Kier molecular flexibility index (Phi) is 8.07. The molecule has 19 heavy (non-hydrogen) atoms. The van der Waals surface area contributed by atoms with Gasteiger partial charge < -0.3 is 15.2 Å². The van der Waals surface area contributed by atoms with E-state index in [-0.39, 0.29) is 6.04 Å². The average molecular weight is 286 g/mol. The minimum Gasteiger partial charge on any atom is -0.389 e. The molecule has 0 fully saturated rings. The van der Waals surface area contributed by atoms with Gasteiger partial charge in [0.05, 0.1) is 12.7 Å². The number of aliphatic hydroxyl groups is 1. The summed E-state index contributed by atoms with van der Waals surface area (Å²) in [6.07, 6.45) is 1.69. The SMILES string of the molecule is CCCCOCC(O)CN[C@H](C)c1ccc(Cl)cc1. The van der Waals surface area contributed by atoms with Crippen molar-refractivity contribution in [1.29, 1.82) is 0 Å². The van der Waals surface area contributed by atoms with E-state index in [4.69, 9.17) is 16.3 Å². The minimum atomic E-state index is -0.466. The summed E-state index contributed by atoms with van der Waals surface area (Å²) in [5, 5.41) is 13.8. The molecule has 0 saturated carbocycles. The van der Waals surface area contributed by atoms with Gasteiger partial charge in [0, 0.05) is 24.2 Å². The molecule has 0 aliphatic carbocycles. The summed E-state index contributed by atoms with van der Waals surface area (Å²) in [5.41, 5.74) is 1.16. The van der Waals surface area contributed by atoms with Crippen molar-refractivity contribution < 1.29 is 9.84 Å². The fourth-order valence-electron chi connectivity index (χ4n) is 1.71. The molecule has 0 radical (unpaired) electrons. The number of benzene rings is 1. The Morgan fingerprint density at radius 1 is 1.32 bits per heavy atom. The Balaban J connectivity index is 2.22. The van der Waals surface area contributed by atoms with Gasteiger partial charge in [-0.25, -0.2) is 0 Å². The first-order valence-corrected chi connectivity index (χ1v) is 7.26. The van der Waals surface area contributed by atoms with Crippen molar-refractivity contribution in [2.45, 2.75) is 38.8 Å². The maximum Gasteiger partial charge on any atom is 0.0897 e. The van der Waals surface area contributed by atoms with Crippen LogP contribution in [0.15, 0.2) is 24.3 Å². The second-order valence-electron chi connectivity index (χ2n) is 4.76. The van der Waals surface area contributed by atoms with E-state index >= 15 is 0 Å². The monoisotopic (exact) mass is 285 g/mol. The maximum atomic E-state index is 9.78. The summed E-state index contributed by atoms with van der Waals surface area (Å²) < 4.78 is 5.38. The lowest BCUT2D eigenvalue weighted by atomic mass is 10.1. The van der Waals surface area contributed by atoms with Crippen molar-refractivity contribution in [2.24, 2.45) is 0 Å². The Labute approximate surface area is 120 Å². The third-order valence-electron chi connectivity index (χ3n) is 2.98. The topological polar surface area (TPSA) is 41.5 Å². The summed E-state index contributed by atoms with van der Waals surface area (Å²) in [4.78, 5) is 0. The number of hydrogen-bond acceptors (Lipinski definition) is 3. The molecule has 1 unspecified atom stereocenters. The molecule has 1 rings (SSSR count). The number of nitrogens with one attached hydrogen (secondary N) is 1. The van der Waals surface area contributed by atoms with Gasteiger partial charge in [-0.05, 0) is 31.0 Å². The van der Waals surface area contributed by atoms with Crippen LogP contribution < -0.4 is 5.32 Å². The molecule has 0 spiro atoms. The minimum absolute atomic E-state index is 0.183.